The average molecular weight is 190 g/mol. The number of hydrogen-bond acceptors (Lipinski definition) is 2. The normalized spacial score (nSPS) is 17.6. The van der Waals surface area contributed by atoms with Gasteiger partial charge in [0.2, 0.25) is 0 Å². The average Bonchev–Trinajstić information content (AvgIpc) is 2.85. The Bertz CT molecular complexity index is 345. The second-order valence-electron chi connectivity index (χ2n) is 4.31. The van der Waals surface area contributed by atoms with E-state index in [1.165, 1.54) is 24.0 Å². The van der Waals surface area contributed by atoms with Gasteiger partial charge in [-0.1, -0.05) is 13.0 Å². The van der Waals surface area contributed by atoms with Gasteiger partial charge < -0.3 is 9.68 Å². The predicted molar refractivity (Wildman–Crippen MR) is 57.8 cm³/mol. The van der Waals surface area contributed by atoms with Crippen molar-refractivity contribution in [2.75, 3.05) is 0 Å². The maximum Gasteiger partial charge on any atom is 0.504 e. The summed E-state index contributed by atoms with van der Waals surface area (Å²) >= 11 is 0. The van der Waals surface area contributed by atoms with Gasteiger partial charge in [0.1, 0.15) is 5.75 Å². The number of rotatable bonds is 3. The van der Waals surface area contributed by atoms with Crippen LogP contribution < -0.4 is 4.65 Å². The molecule has 0 unspecified atom stereocenters. The molecule has 1 saturated carbocycles. The zero-order valence-corrected chi connectivity index (χ0v) is 8.71. The molecule has 2 rings (SSSR count). The van der Waals surface area contributed by atoms with E-state index in [0.29, 0.717) is 5.41 Å². The molecule has 1 fully saturated rings. The van der Waals surface area contributed by atoms with Gasteiger partial charge in [-0.25, -0.2) is 0 Å². The first-order chi connectivity index (χ1) is 6.65. The fraction of sp³-hybridized carbons (Fsp3) is 0.455. The van der Waals surface area contributed by atoms with Crippen molar-refractivity contribution >= 4 is 7.69 Å². The third-order valence-electron chi connectivity index (χ3n) is 3.08. The maximum absolute atomic E-state index is 8.63. The van der Waals surface area contributed by atoms with Crippen LogP contribution in [0, 0.1) is 6.92 Å². The van der Waals surface area contributed by atoms with Crippen LogP contribution >= 0.6 is 0 Å². The highest BCUT2D eigenvalue weighted by Gasteiger charge is 2.39. The van der Waals surface area contributed by atoms with Crippen molar-refractivity contribution in [1.29, 1.82) is 0 Å². The fourth-order valence-corrected chi connectivity index (χ4v) is 1.93. The first-order valence-corrected chi connectivity index (χ1v) is 5.00. The number of aryl methyl sites for hydroxylation is 1. The maximum atomic E-state index is 8.63. The SMILES string of the molecule is Cc1cc(OBO)ccc1C1(C)CC1. The quantitative estimate of drug-likeness (QED) is 0.734. The molecule has 1 aliphatic carbocycles. The minimum atomic E-state index is -0.254. The summed E-state index contributed by atoms with van der Waals surface area (Å²) in [6.45, 7) is 4.39. The lowest BCUT2D eigenvalue weighted by atomic mass is 9.94. The molecule has 0 spiro atoms. The molecule has 2 nitrogen and oxygen atoms in total. The Hall–Kier alpha value is -0.955. The second kappa shape index (κ2) is 3.32. The summed E-state index contributed by atoms with van der Waals surface area (Å²) in [6, 6.07) is 6.05. The van der Waals surface area contributed by atoms with Gasteiger partial charge in [-0.2, -0.15) is 0 Å². The van der Waals surface area contributed by atoms with Crippen LogP contribution in [0.5, 0.6) is 5.75 Å². The first kappa shape index (κ1) is 9.59. The van der Waals surface area contributed by atoms with Crippen LogP contribution in [-0.4, -0.2) is 12.7 Å². The van der Waals surface area contributed by atoms with Crippen molar-refractivity contribution in [2.24, 2.45) is 0 Å². The van der Waals surface area contributed by atoms with Gasteiger partial charge in [0.25, 0.3) is 0 Å². The van der Waals surface area contributed by atoms with E-state index < -0.39 is 0 Å². The summed E-state index contributed by atoms with van der Waals surface area (Å²) in [5.41, 5.74) is 3.08. The Morgan fingerprint density at radius 1 is 1.43 bits per heavy atom. The second-order valence-corrected chi connectivity index (χ2v) is 4.31. The molecule has 0 saturated heterocycles. The monoisotopic (exact) mass is 190 g/mol. The van der Waals surface area contributed by atoms with Crippen molar-refractivity contribution in [3.8, 4) is 5.75 Å². The van der Waals surface area contributed by atoms with Gasteiger partial charge in [-0.05, 0) is 48.4 Å². The standard InChI is InChI=1S/C11H15BO2/c1-8-7-9(14-12-13)3-4-10(8)11(2)5-6-11/h3-4,7,12-13H,5-6H2,1-2H3. The van der Waals surface area contributed by atoms with E-state index in [1.54, 1.807) is 0 Å². The highest BCUT2D eigenvalue weighted by molar-refractivity contribution is 6.17. The van der Waals surface area contributed by atoms with Crippen molar-refractivity contribution in [2.45, 2.75) is 32.1 Å². The summed E-state index contributed by atoms with van der Waals surface area (Å²) < 4.78 is 5.03. The van der Waals surface area contributed by atoms with Crippen LogP contribution in [0.1, 0.15) is 30.9 Å². The smallest absolute Gasteiger partial charge is 0.504 e. The molecule has 1 aromatic carbocycles. The third-order valence-corrected chi connectivity index (χ3v) is 3.08. The molecule has 0 radical (unpaired) electrons. The van der Waals surface area contributed by atoms with Gasteiger partial charge >= 0.3 is 7.69 Å². The molecular weight excluding hydrogens is 175 g/mol. The number of benzene rings is 1. The molecule has 0 aliphatic heterocycles. The Kier molecular flexibility index (Phi) is 2.27. The molecule has 0 bridgehead atoms. The third kappa shape index (κ3) is 1.64. The minimum absolute atomic E-state index is 0.254. The molecule has 0 heterocycles. The van der Waals surface area contributed by atoms with E-state index in [4.69, 9.17) is 9.68 Å². The lowest BCUT2D eigenvalue weighted by molar-refractivity contribution is 0.453. The predicted octanol–water partition coefficient (Wildman–Crippen LogP) is 1.68. The van der Waals surface area contributed by atoms with Crippen molar-refractivity contribution in [3.05, 3.63) is 29.3 Å². The molecule has 3 heteroatoms. The molecule has 0 atom stereocenters. The minimum Gasteiger partial charge on any atom is -0.539 e. The molecule has 1 aromatic rings. The Balaban J connectivity index is 2.27. The topological polar surface area (TPSA) is 29.5 Å². The van der Waals surface area contributed by atoms with Gasteiger partial charge in [0.05, 0.1) is 0 Å². The van der Waals surface area contributed by atoms with Crippen molar-refractivity contribution in [3.63, 3.8) is 0 Å². The lowest BCUT2D eigenvalue weighted by Gasteiger charge is -2.13. The summed E-state index contributed by atoms with van der Waals surface area (Å²) in [7, 11) is -0.254. The molecule has 1 N–H and O–H groups in total. The highest BCUT2D eigenvalue weighted by Crippen LogP contribution is 2.49. The van der Waals surface area contributed by atoms with Crippen LogP contribution in [-0.2, 0) is 5.41 Å². The molecular formula is C11H15BO2. The molecule has 0 amide bonds. The van der Waals surface area contributed by atoms with Crippen molar-refractivity contribution < 1.29 is 9.68 Å². The summed E-state index contributed by atoms with van der Waals surface area (Å²) in [5, 5.41) is 8.63. The first-order valence-electron chi connectivity index (χ1n) is 5.00. The van der Waals surface area contributed by atoms with Crippen molar-refractivity contribution in [1.82, 2.24) is 0 Å². The largest absolute Gasteiger partial charge is 0.539 e. The molecule has 0 aromatic heterocycles. The van der Waals surface area contributed by atoms with Crippen LogP contribution in [0.15, 0.2) is 18.2 Å². The van der Waals surface area contributed by atoms with Crippen LogP contribution in [0.2, 0.25) is 0 Å². The number of hydrogen-bond donors (Lipinski definition) is 1. The Morgan fingerprint density at radius 2 is 2.14 bits per heavy atom. The van der Waals surface area contributed by atoms with E-state index in [0.717, 1.165) is 5.75 Å². The molecule has 1 aliphatic rings. The Labute approximate surface area is 85.2 Å². The van der Waals surface area contributed by atoms with Crippen LogP contribution in [0.25, 0.3) is 0 Å². The molecule has 14 heavy (non-hydrogen) atoms. The summed E-state index contributed by atoms with van der Waals surface area (Å²) in [5.74, 6) is 0.748. The van der Waals surface area contributed by atoms with E-state index in [9.17, 15) is 0 Å². The van der Waals surface area contributed by atoms with Gasteiger partial charge in [-0.3, -0.25) is 0 Å². The van der Waals surface area contributed by atoms with Gasteiger partial charge in [0.15, 0.2) is 0 Å². The van der Waals surface area contributed by atoms with Crippen LogP contribution in [0.4, 0.5) is 0 Å². The van der Waals surface area contributed by atoms with Crippen LogP contribution in [0.3, 0.4) is 0 Å². The Morgan fingerprint density at radius 3 is 2.64 bits per heavy atom. The zero-order chi connectivity index (χ0) is 10.2. The van der Waals surface area contributed by atoms with E-state index in [-0.39, 0.29) is 7.69 Å². The van der Waals surface area contributed by atoms with Gasteiger partial charge in [-0.15, -0.1) is 0 Å². The summed E-state index contributed by atoms with van der Waals surface area (Å²) in [6.07, 6.45) is 2.57. The van der Waals surface area contributed by atoms with E-state index >= 15 is 0 Å². The molecule has 74 valence electrons. The lowest BCUT2D eigenvalue weighted by Crippen LogP contribution is -2.04. The van der Waals surface area contributed by atoms with Gasteiger partial charge in [0, 0.05) is 0 Å². The highest BCUT2D eigenvalue weighted by atomic mass is 16.5. The van der Waals surface area contributed by atoms with E-state index in [2.05, 4.69) is 19.9 Å². The summed E-state index contributed by atoms with van der Waals surface area (Å²) in [4.78, 5) is 0. The zero-order valence-electron chi connectivity index (χ0n) is 8.71. The van der Waals surface area contributed by atoms with E-state index in [1.807, 2.05) is 12.1 Å². The fourth-order valence-electron chi connectivity index (χ4n) is 1.93.